The highest BCUT2D eigenvalue weighted by atomic mass is 35.5. The molecule has 0 spiro atoms. The summed E-state index contributed by atoms with van der Waals surface area (Å²) >= 11 is 5.06. The zero-order valence-electron chi connectivity index (χ0n) is 8.66. The van der Waals surface area contributed by atoms with E-state index in [0.29, 0.717) is 6.42 Å². The van der Waals surface area contributed by atoms with Gasteiger partial charge in [0.25, 0.3) is 0 Å². The van der Waals surface area contributed by atoms with Gasteiger partial charge in [-0.3, -0.25) is 4.79 Å². The monoisotopic (exact) mass is 276 g/mol. The second-order valence-corrected chi connectivity index (χ2v) is 4.23. The van der Waals surface area contributed by atoms with Gasteiger partial charge in [0.2, 0.25) is 6.17 Å². The van der Waals surface area contributed by atoms with Crippen LogP contribution in [0.5, 0.6) is 0 Å². The maximum absolute atomic E-state index is 13.2. The number of allylic oxidation sites excluding steroid dienone is 2. The van der Waals surface area contributed by atoms with E-state index in [2.05, 4.69) is 0 Å². The highest BCUT2D eigenvalue weighted by Crippen LogP contribution is 2.45. The van der Waals surface area contributed by atoms with Crippen LogP contribution < -0.4 is 0 Å². The molecule has 7 heteroatoms. The molecule has 1 aliphatic rings. The number of alkyl halides is 5. The maximum atomic E-state index is 13.2. The number of ketones is 1. The number of hydrogen-bond acceptors (Lipinski definition) is 1. The minimum atomic E-state index is -5.12. The Morgan fingerprint density at radius 1 is 1.24 bits per heavy atom. The van der Waals surface area contributed by atoms with Crippen LogP contribution in [0, 0.1) is 0 Å². The fraction of sp³-hybridized carbons (Fsp3) is 0.700. The molecule has 98 valence electrons. The van der Waals surface area contributed by atoms with E-state index in [4.69, 9.17) is 11.6 Å². The molecule has 17 heavy (non-hydrogen) atoms. The minimum Gasteiger partial charge on any atom is -0.296 e. The summed E-state index contributed by atoms with van der Waals surface area (Å²) in [6, 6.07) is 0. The highest BCUT2D eigenvalue weighted by Gasteiger charge is 2.65. The maximum Gasteiger partial charge on any atom is 0.352 e. The Balaban J connectivity index is 3.17. The third-order valence-corrected chi connectivity index (χ3v) is 2.91. The van der Waals surface area contributed by atoms with Crippen molar-refractivity contribution in [3.05, 3.63) is 11.1 Å². The third-order valence-electron chi connectivity index (χ3n) is 2.52. The molecule has 0 N–H and O–H groups in total. The lowest BCUT2D eigenvalue weighted by atomic mass is 9.97. The van der Waals surface area contributed by atoms with Gasteiger partial charge < -0.3 is 0 Å². The average Bonchev–Trinajstić information content (AvgIpc) is 2.25. The number of hydrogen-bond donors (Lipinski definition) is 0. The molecule has 0 saturated carbocycles. The molecule has 1 aliphatic carbocycles. The summed E-state index contributed by atoms with van der Waals surface area (Å²) in [4.78, 5) is 11.0. The van der Waals surface area contributed by atoms with E-state index in [1.54, 1.807) is 0 Å². The van der Waals surface area contributed by atoms with Gasteiger partial charge in [-0.1, -0.05) is 17.7 Å². The van der Waals surface area contributed by atoms with Crippen LogP contribution >= 0.6 is 11.6 Å². The van der Waals surface area contributed by atoms with Gasteiger partial charge in [-0.25, -0.2) is 4.39 Å². The summed E-state index contributed by atoms with van der Waals surface area (Å²) in [5, 5.41) is -1.42. The average molecular weight is 277 g/mol. The molecule has 0 aromatic heterocycles. The van der Waals surface area contributed by atoms with Crippen molar-refractivity contribution in [1.82, 2.24) is 0 Å². The summed E-state index contributed by atoms with van der Waals surface area (Å²) in [6.07, 6.45) is -2.72. The molecule has 0 heterocycles. The minimum absolute atomic E-state index is 0.0503. The molecule has 1 nitrogen and oxygen atoms in total. The SMILES string of the molecule is O=C1CCCC/C=C(\Cl)C(F)(F)C(F)(F)[C@H]1F. The fourth-order valence-corrected chi connectivity index (χ4v) is 1.68. The first kappa shape index (κ1) is 14.4. The lowest BCUT2D eigenvalue weighted by Crippen LogP contribution is -2.51. The molecule has 0 aliphatic heterocycles. The van der Waals surface area contributed by atoms with Gasteiger partial charge in [0.15, 0.2) is 5.78 Å². The Bertz CT molecular complexity index is 340. The van der Waals surface area contributed by atoms with Crippen LogP contribution in [0.4, 0.5) is 22.0 Å². The third kappa shape index (κ3) is 2.61. The summed E-state index contributed by atoms with van der Waals surface area (Å²) < 4.78 is 65.9. The Labute approximate surface area is 99.6 Å². The van der Waals surface area contributed by atoms with Crippen LogP contribution in [-0.2, 0) is 4.79 Å². The first-order valence-corrected chi connectivity index (χ1v) is 5.37. The smallest absolute Gasteiger partial charge is 0.296 e. The predicted octanol–water partition coefficient (Wildman–Crippen LogP) is 3.86. The normalized spacial score (nSPS) is 32.7. The fourth-order valence-electron chi connectivity index (χ4n) is 1.45. The van der Waals surface area contributed by atoms with Crippen molar-refractivity contribution in [1.29, 1.82) is 0 Å². The second kappa shape index (κ2) is 4.92. The van der Waals surface area contributed by atoms with E-state index in [9.17, 15) is 26.7 Å². The molecule has 0 aromatic rings. The number of Topliss-reactive ketones (excluding diaryl/α,β-unsaturated/α-hetero) is 1. The molecule has 1 atom stereocenters. The van der Waals surface area contributed by atoms with Crippen LogP contribution in [0.1, 0.15) is 25.7 Å². The van der Waals surface area contributed by atoms with Crippen molar-refractivity contribution < 1.29 is 26.7 Å². The van der Waals surface area contributed by atoms with Crippen molar-refractivity contribution in [2.45, 2.75) is 43.7 Å². The lowest BCUT2D eigenvalue weighted by Gasteiger charge is -2.28. The largest absolute Gasteiger partial charge is 0.352 e. The van der Waals surface area contributed by atoms with Crippen molar-refractivity contribution in [3.63, 3.8) is 0 Å². The van der Waals surface area contributed by atoms with Gasteiger partial charge in [0, 0.05) is 6.42 Å². The van der Waals surface area contributed by atoms with Gasteiger partial charge in [-0.15, -0.1) is 0 Å². The first-order chi connectivity index (χ1) is 7.71. The number of rotatable bonds is 0. The zero-order chi connectivity index (χ0) is 13.3. The van der Waals surface area contributed by atoms with Gasteiger partial charge in [-0.05, 0) is 19.3 Å². The van der Waals surface area contributed by atoms with E-state index in [1.807, 2.05) is 0 Å². The number of halogens is 6. The van der Waals surface area contributed by atoms with Crippen molar-refractivity contribution >= 4 is 17.4 Å². The Kier molecular flexibility index (Phi) is 4.17. The van der Waals surface area contributed by atoms with Gasteiger partial charge in [0.05, 0.1) is 5.03 Å². The lowest BCUT2D eigenvalue weighted by molar-refractivity contribution is -0.215. The van der Waals surface area contributed by atoms with Crippen molar-refractivity contribution in [2.24, 2.45) is 0 Å². The molecule has 0 unspecified atom stereocenters. The predicted molar refractivity (Wildman–Crippen MR) is 52.2 cm³/mol. The Morgan fingerprint density at radius 2 is 1.82 bits per heavy atom. The van der Waals surface area contributed by atoms with Gasteiger partial charge in [-0.2, -0.15) is 17.6 Å². The molecular weight excluding hydrogens is 267 g/mol. The van der Waals surface area contributed by atoms with Crippen LogP contribution in [0.3, 0.4) is 0 Å². The molecule has 0 saturated heterocycles. The second-order valence-electron chi connectivity index (χ2n) is 3.82. The molecular formula is C10H10ClF5O. The molecule has 1 rings (SSSR count). The summed E-state index contributed by atoms with van der Waals surface area (Å²) in [6.45, 7) is 0. The topological polar surface area (TPSA) is 17.1 Å². The van der Waals surface area contributed by atoms with E-state index in [-0.39, 0.29) is 12.8 Å². The van der Waals surface area contributed by atoms with E-state index < -0.39 is 35.3 Å². The Morgan fingerprint density at radius 3 is 2.41 bits per heavy atom. The summed E-state index contributed by atoms with van der Waals surface area (Å²) in [5.41, 5.74) is 0. The standard InChI is InChI=1S/C10H10ClF5O/c11-7-5-3-1-2-4-6(17)8(12)10(15,16)9(7,13)14/h5,8H,1-4H2/b7-5-/t8-/m0/s1. The van der Waals surface area contributed by atoms with Crippen LogP contribution in [0.15, 0.2) is 11.1 Å². The summed E-state index contributed by atoms with van der Waals surface area (Å²) in [5.74, 6) is -11.5. The molecule has 0 aromatic carbocycles. The number of carbonyl (C=O) groups is 1. The van der Waals surface area contributed by atoms with E-state index >= 15 is 0 Å². The number of carbonyl (C=O) groups excluding carboxylic acids is 1. The Hall–Kier alpha value is -0.650. The first-order valence-electron chi connectivity index (χ1n) is 5.00. The quantitative estimate of drug-likeness (QED) is 0.614. The van der Waals surface area contributed by atoms with Crippen molar-refractivity contribution in [3.8, 4) is 0 Å². The highest BCUT2D eigenvalue weighted by molar-refractivity contribution is 6.30. The molecule has 0 bridgehead atoms. The zero-order valence-corrected chi connectivity index (χ0v) is 9.42. The van der Waals surface area contributed by atoms with Crippen LogP contribution in [0.2, 0.25) is 0 Å². The van der Waals surface area contributed by atoms with Crippen molar-refractivity contribution in [2.75, 3.05) is 0 Å². The van der Waals surface area contributed by atoms with E-state index in [1.165, 1.54) is 0 Å². The van der Waals surface area contributed by atoms with E-state index in [0.717, 1.165) is 6.08 Å². The van der Waals surface area contributed by atoms with Crippen LogP contribution in [-0.4, -0.2) is 23.8 Å². The summed E-state index contributed by atoms with van der Waals surface area (Å²) in [7, 11) is 0. The van der Waals surface area contributed by atoms with Gasteiger partial charge in [0.1, 0.15) is 0 Å². The van der Waals surface area contributed by atoms with Crippen LogP contribution in [0.25, 0.3) is 0 Å². The molecule has 0 radical (unpaired) electrons. The molecule has 0 fully saturated rings. The molecule has 0 amide bonds. The van der Waals surface area contributed by atoms with Gasteiger partial charge >= 0.3 is 11.8 Å².